The molecule has 0 rings (SSSR count). The van der Waals surface area contributed by atoms with Crippen LogP contribution in [-0.2, 0) is 9.53 Å². The molecule has 3 heteroatoms. The van der Waals surface area contributed by atoms with Crippen LogP contribution in [0.25, 0.3) is 0 Å². The van der Waals surface area contributed by atoms with Gasteiger partial charge in [0.2, 0.25) is 0 Å². The lowest BCUT2D eigenvalue weighted by molar-refractivity contribution is -0.141. The highest BCUT2D eigenvalue weighted by Crippen LogP contribution is 1.97. The second-order valence-electron chi connectivity index (χ2n) is 1.20. The maximum atomic E-state index is 10.1. The molecule has 0 saturated heterocycles. The van der Waals surface area contributed by atoms with Crippen molar-refractivity contribution in [3.63, 3.8) is 0 Å². The minimum absolute atomic E-state index is 0.398. The smallest absolute Gasteiger partial charge is 0.304 e. The number of hydrogen-bond donors (Lipinski definition) is 0. The van der Waals surface area contributed by atoms with Crippen molar-refractivity contribution in [3.05, 3.63) is 12.7 Å². The summed E-state index contributed by atoms with van der Waals surface area (Å²) >= 11 is 5.30. The lowest BCUT2D eigenvalue weighted by Crippen LogP contribution is -2.05. The monoisotopic (exact) mass is 134 g/mol. The number of esters is 1. The number of hydrogen-bond acceptors (Lipinski definition) is 2. The van der Waals surface area contributed by atoms with E-state index in [4.69, 9.17) is 11.6 Å². The van der Waals surface area contributed by atoms with E-state index in [-0.39, 0.29) is 0 Å². The molecule has 0 amide bonds. The van der Waals surface area contributed by atoms with Crippen molar-refractivity contribution in [2.75, 3.05) is 0 Å². The molecule has 0 aliphatic rings. The summed E-state index contributed by atoms with van der Waals surface area (Å²) in [4.78, 5) is 10.1. The molecule has 0 aromatic carbocycles. The van der Waals surface area contributed by atoms with E-state index >= 15 is 0 Å². The number of carbonyl (C=O) groups excluding carboxylic acids is 1. The van der Waals surface area contributed by atoms with Gasteiger partial charge in [0.05, 0.1) is 0 Å². The summed E-state index contributed by atoms with van der Waals surface area (Å²) in [6, 6.07) is 0. The molecule has 1 unspecified atom stereocenters. The van der Waals surface area contributed by atoms with Crippen LogP contribution < -0.4 is 0 Å². The van der Waals surface area contributed by atoms with Crippen molar-refractivity contribution in [3.8, 4) is 0 Å². The van der Waals surface area contributed by atoms with E-state index < -0.39 is 11.5 Å². The highest BCUT2D eigenvalue weighted by atomic mass is 35.5. The maximum Gasteiger partial charge on any atom is 0.304 e. The fourth-order valence-electron chi connectivity index (χ4n) is 0.207. The van der Waals surface area contributed by atoms with Crippen molar-refractivity contribution in [2.24, 2.45) is 0 Å². The first-order valence-electron chi connectivity index (χ1n) is 2.10. The standard InChI is InChI=1S/C5H7ClO2/c1-3-5(6)8-4(2)7/h3,5H,1H2,2H3. The summed E-state index contributed by atoms with van der Waals surface area (Å²) in [5.41, 5.74) is -0.688. The van der Waals surface area contributed by atoms with E-state index in [1.165, 1.54) is 13.0 Å². The van der Waals surface area contributed by atoms with Gasteiger partial charge in [-0.25, -0.2) is 0 Å². The molecule has 0 heterocycles. The Morgan fingerprint density at radius 2 is 2.50 bits per heavy atom. The van der Waals surface area contributed by atoms with Gasteiger partial charge < -0.3 is 4.74 Å². The van der Waals surface area contributed by atoms with Gasteiger partial charge in [-0.3, -0.25) is 4.79 Å². The van der Waals surface area contributed by atoms with Crippen LogP contribution in [0.2, 0.25) is 0 Å². The molecule has 0 aromatic heterocycles. The van der Waals surface area contributed by atoms with Crippen LogP contribution in [0.3, 0.4) is 0 Å². The maximum absolute atomic E-state index is 10.1. The van der Waals surface area contributed by atoms with Gasteiger partial charge in [0, 0.05) is 6.92 Å². The van der Waals surface area contributed by atoms with Gasteiger partial charge in [0.25, 0.3) is 0 Å². The third kappa shape index (κ3) is 3.68. The Kier molecular flexibility index (Phi) is 3.28. The molecular formula is C5H7ClO2. The number of halogens is 1. The average molecular weight is 135 g/mol. The van der Waals surface area contributed by atoms with E-state index in [0.717, 1.165) is 0 Å². The third-order valence-electron chi connectivity index (χ3n) is 0.464. The molecule has 0 aliphatic heterocycles. The summed E-state index contributed by atoms with van der Waals surface area (Å²) in [7, 11) is 0. The molecule has 2 nitrogen and oxygen atoms in total. The normalized spacial score (nSPS) is 12.2. The molecular weight excluding hydrogens is 128 g/mol. The first kappa shape index (κ1) is 7.50. The molecule has 46 valence electrons. The molecule has 0 aliphatic carbocycles. The van der Waals surface area contributed by atoms with Crippen LogP contribution in [0, 0.1) is 0 Å². The second kappa shape index (κ2) is 3.50. The topological polar surface area (TPSA) is 26.3 Å². The van der Waals surface area contributed by atoms with E-state index in [1.807, 2.05) is 0 Å². The molecule has 1 atom stereocenters. The van der Waals surface area contributed by atoms with E-state index in [9.17, 15) is 4.79 Å². The molecule has 0 fully saturated rings. The number of alkyl halides is 1. The van der Waals surface area contributed by atoms with Crippen molar-refractivity contribution >= 4 is 17.6 Å². The van der Waals surface area contributed by atoms with Crippen molar-refractivity contribution < 1.29 is 9.53 Å². The fraction of sp³-hybridized carbons (Fsp3) is 0.400. The third-order valence-corrected chi connectivity index (χ3v) is 0.731. The molecule has 0 saturated carbocycles. The number of rotatable bonds is 2. The summed E-state index contributed by atoms with van der Waals surface area (Å²) in [5.74, 6) is -0.398. The molecule has 8 heavy (non-hydrogen) atoms. The predicted molar refractivity (Wildman–Crippen MR) is 31.6 cm³/mol. The zero-order chi connectivity index (χ0) is 6.57. The Bertz CT molecular complexity index is 101. The highest BCUT2D eigenvalue weighted by Gasteiger charge is 1.98. The van der Waals surface area contributed by atoms with Crippen LogP contribution in [0.15, 0.2) is 12.7 Å². The van der Waals surface area contributed by atoms with Gasteiger partial charge in [0.1, 0.15) is 0 Å². The minimum atomic E-state index is -0.688. The summed E-state index contributed by atoms with van der Waals surface area (Å²) in [6.45, 7) is 4.60. The van der Waals surface area contributed by atoms with Crippen molar-refractivity contribution in [1.29, 1.82) is 0 Å². The Morgan fingerprint density at radius 3 is 2.62 bits per heavy atom. The van der Waals surface area contributed by atoms with E-state index in [2.05, 4.69) is 11.3 Å². The van der Waals surface area contributed by atoms with E-state index in [1.54, 1.807) is 0 Å². The first-order valence-corrected chi connectivity index (χ1v) is 2.54. The average Bonchev–Trinajstić information content (AvgIpc) is 1.65. The van der Waals surface area contributed by atoms with Gasteiger partial charge in [0.15, 0.2) is 5.56 Å². The van der Waals surface area contributed by atoms with Crippen molar-refractivity contribution in [2.45, 2.75) is 12.5 Å². The lowest BCUT2D eigenvalue weighted by atomic mass is 10.7. The summed E-state index contributed by atoms with van der Waals surface area (Å²) in [5, 5.41) is 0. The molecule has 0 bridgehead atoms. The second-order valence-corrected chi connectivity index (χ2v) is 1.63. The zero-order valence-corrected chi connectivity index (χ0v) is 5.31. The number of ether oxygens (including phenoxy) is 1. The van der Waals surface area contributed by atoms with E-state index in [0.29, 0.717) is 0 Å². The molecule has 0 N–H and O–H groups in total. The quantitative estimate of drug-likeness (QED) is 0.323. The van der Waals surface area contributed by atoms with Gasteiger partial charge in [-0.05, 0) is 6.08 Å². The van der Waals surface area contributed by atoms with Crippen LogP contribution in [0.4, 0.5) is 0 Å². The largest absolute Gasteiger partial charge is 0.442 e. The molecule has 0 spiro atoms. The Labute approximate surface area is 53.1 Å². The Balaban J connectivity index is 3.38. The van der Waals surface area contributed by atoms with Gasteiger partial charge in [-0.15, -0.1) is 0 Å². The summed E-state index contributed by atoms with van der Waals surface area (Å²) in [6.07, 6.45) is 1.34. The molecule has 0 radical (unpaired) electrons. The lowest BCUT2D eigenvalue weighted by Gasteiger charge is -2.00. The summed E-state index contributed by atoms with van der Waals surface area (Å²) < 4.78 is 4.41. The first-order chi connectivity index (χ1) is 3.66. The Morgan fingerprint density at radius 1 is 2.00 bits per heavy atom. The van der Waals surface area contributed by atoms with Crippen molar-refractivity contribution in [1.82, 2.24) is 0 Å². The van der Waals surface area contributed by atoms with Crippen LogP contribution in [0.1, 0.15) is 6.92 Å². The van der Waals surface area contributed by atoms with Crippen LogP contribution in [-0.4, -0.2) is 11.5 Å². The number of carbonyl (C=O) groups is 1. The van der Waals surface area contributed by atoms with Crippen LogP contribution >= 0.6 is 11.6 Å². The zero-order valence-electron chi connectivity index (χ0n) is 4.56. The SMILES string of the molecule is C=CC(Cl)OC(C)=O. The molecule has 0 aromatic rings. The fourth-order valence-corrected chi connectivity index (χ4v) is 0.332. The van der Waals surface area contributed by atoms with Crippen LogP contribution in [0.5, 0.6) is 0 Å². The highest BCUT2D eigenvalue weighted by molar-refractivity contribution is 6.21. The minimum Gasteiger partial charge on any atom is -0.442 e. The Hall–Kier alpha value is -0.500. The van der Waals surface area contributed by atoms with Gasteiger partial charge in [-0.2, -0.15) is 0 Å². The predicted octanol–water partition coefficient (Wildman–Crippen LogP) is 1.30. The van der Waals surface area contributed by atoms with Gasteiger partial charge in [-0.1, -0.05) is 18.2 Å². The van der Waals surface area contributed by atoms with Gasteiger partial charge >= 0.3 is 5.97 Å².